The lowest BCUT2D eigenvalue weighted by Crippen LogP contribution is -2.34. The van der Waals surface area contributed by atoms with Gasteiger partial charge >= 0.3 is 12.1 Å². The normalized spacial score (nSPS) is 15.4. The molecule has 1 N–H and O–H groups in total. The van der Waals surface area contributed by atoms with Crippen LogP contribution in [0.15, 0.2) is 79.1 Å². The van der Waals surface area contributed by atoms with Crippen molar-refractivity contribution in [3.63, 3.8) is 0 Å². The SMILES string of the molecule is O=C(O)C(F)(F)F.O=C1c2c(cccc2N2CCC(c3ccncc3)CC2)CN1CCc1ccc2ccccc2n1. The van der Waals surface area contributed by atoms with Gasteiger partial charge in [0, 0.05) is 61.8 Å². The number of halogens is 3. The van der Waals surface area contributed by atoms with Crippen molar-refractivity contribution in [2.75, 3.05) is 24.5 Å². The van der Waals surface area contributed by atoms with Gasteiger partial charge in [-0.15, -0.1) is 0 Å². The first kappa shape index (κ1) is 28.1. The Hall–Kier alpha value is -4.47. The van der Waals surface area contributed by atoms with E-state index in [9.17, 15) is 18.0 Å². The number of para-hydroxylation sites is 1. The van der Waals surface area contributed by atoms with Gasteiger partial charge in [0.1, 0.15) is 0 Å². The summed E-state index contributed by atoms with van der Waals surface area (Å²) in [6, 6.07) is 23.0. The number of fused-ring (bicyclic) bond motifs is 2. The second-order valence-corrected chi connectivity index (χ2v) is 10.1. The third-order valence-corrected chi connectivity index (χ3v) is 7.54. The van der Waals surface area contributed by atoms with Crippen LogP contribution in [-0.2, 0) is 17.8 Å². The quantitative estimate of drug-likeness (QED) is 0.329. The van der Waals surface area contributed by atoms with E-state index in [0.29, 0.717) is 19.0 Å². The van der Waals surface area contributed by atoms with E-state index in [0.717, 1.165) is 65.8 Å². The summed E-state index contributed by atoms with van der Waals surface area (Å²) in [4.78, 5) is 35.7. The molecule has 0 radical (unpaired) electrons. The predicted octanol–water partition coefficient (Wildman–Crippen LogP) is 5.85. The van der Waals surface area contributed by atoms with Crippen molar-refractivity contribution in [2.24, 2.45) is 0 Å². The van der Waals surface area contributed by atoms with Crippen molar-refractivity contribution < 1.29 is 27.9 Å². The van der Waals surface area contributed by atoms with Crippen LogP contribution in [0.4, 0.5) is 18.9 Å². The number of hydrogen-bond acceptors (Lipinski definition) is 5. The Balaban J connectivity index is 0.000000431. The lowest BCUT2D eigenvalue weighted by atomic mass is 9.89. The van der Waals surface area contributed by atoms with Gasteiger partial charge in [-0.05, 0) is 60.2 Å². The number of pyridine rings is 2. The third-order valence-electron chi connectivity index (χ3n) is 7.54. The highest BCUT2D eigenvalue weighted by Gasteiger charge is 2.38. The minimum atomic E-state index is -5.08. The maximum absolute atomic E-state index is 13.5. The van der Waals surface area contributed by atoms with Crippen LogP contribution in [0.3, 0.4) is 0 Å². The molecule has 0 atom stereocenters. The molecule has 2 aliphatic heterocycles. The molecule has 2 aromatic carbocycles. The largest absolute Gasteiger partial charge is 0.490 e. The molecule has 10 heteroatoms. The van der Waals surface area contributed by atoms with Gasteiger partial charge in [-0.25, -0.2) is 4.79 Å². The van der Waals surface area contributed by atoms with Gasteiger partial charge in [-0.2, -0.15) is 13.2 Å². The molecular weight excluding hydrogens is 533 g/mol. The molecule has 1 saturated heterocycles. The van der Waals surface area contributed by atoms with Gasteiger partial charge in [0.05, 0.1) is 11.1 Å². The molecule has 1 amide bonds. The Morgan fingerprint density at radius 3 is 2.37 bits per heavy atom. The third kappa shape index (κ3) is 6.48. The van der Waals surface area contributed by atoms with Crippen molar-refractivity contribution in [3.05, 3.63) is 102 Å². The average Bonchev–Trinajstić information content (AvgIpc) is 3.31. The highest BCUT2D eigenvalue weighted by atomic mass is 19.4. The minimum absolute atomic E-state index is 0.155. The summed E-state index contributed by atoms with van der Waals surface area (Å²) in [5, 5.41) is 8.27. The van der Waals surface area contributed by atoms with E-state index in [2.05, 4.69) is 58.4 Å². The number of aromatic nitrogens is 2. The molecule has 0 spiro atoms. The molecule has 2 aromatic heterocycles. The summed E-state index contributed by atoms with van der Waals surface area (Å²) in [5.74, 6) is -2.03. The van der Waals surface area contributed by atoms with Gasteiger partial charge in [0.2, 0.25) is 0 Å². The number of nitrogens with zero attached hydrogens (tertiary/aromatic N) is 4. The predicted molar refractivity (Wildman–Crippen MR) is 149 cm³/mol. The van der Waals surface area contributed by atoms with Crippen LogP contribution < -0.4 is 4.90 Å². The van der Waals surface area contributed by atoms with Crippen LogP contribution in [-0.4, -0.2) is 57.7 Å². The van der Waals surface area contributed by atoms with Crippen LogP contribution in [0.5, 0.6) is 0 Å². The monoisotopic (exact) mass is 562 g/mol. The number of carboxylic acid groups (broad SMARTS) is 1. The van der Waals surface area contributed by atoms with Gasteiger partial charge in [0.25, 0.3) is 5.91 Å². The van der Waals surface area contributed by atoms with E-state index >= 15 is 0 Å². The smallest absolute Gasteiger partial charge is 0.475 e. The fourth-order valence-electron chi connectivity index (χ4n) is 5.43. The van der Waals surface area contributed by atoms with E-state index in [1.807, 2.05) is 35.5 Å². The molecule has 6 rings (SSSR count). The van der Waals surface area contributed by atoms with Crippen molar-refractivity contribution in [1.29, 1.82) is 0 Å². The first-order chi connectivity index (χ1) is 19.7. The average molecular weight is 563 g/mol. The molecule has 0 aliphatic carbocycles. The van der Waals surface area contributed by atoms with E-state index < -0.39 is 12.1 Å². The number of anilines is 1. The van der Waals surface area contributed by atoms with Crippen LogP contribution in [0, 0.1) is 0 Å². The molecule has 212 valence electrons. The fourth-order valence-corrected chi connectivity index (χ4v) is 5.43. The highest BCUT2D eigenvalue weighted by Crippen LogP contribution is 2.36. The van der Waals surface area contributed by atoms with Crippen molar-refractivity contribution in [1.82, 2.24) is 14.9 Å². The number of benzene rings is 2. The summed E-state index contributed by atoms with van der Waals surface area (Å²) < 4.78 is 31.7. The minimum Gasteiger partial charge on any atom is -0.475 e. The Morgan fingerprint density at radius 1 is 0.951 bits per heavy atom. The van der Waals surface area contributed by atoms with Gasteiger partial charge < -0.3 is 14.9 Å². The topological polar surface area (TPSA) is 86.6 Å². The van der Waals surface area contributed by atoms with Crippen LogP contribution in [0.25, 0.3) is 10.9 Å². The van der Waals surface area contributed by atoms with Crippen molar-refractivity contribution in [2.45, 2.75) is 37.9 Å². The number of alkyl halides is 3. The number of rotatable bonds is 5. The zero-order valence-electron chi connectivity index (χ0n) is 22.2. The summed E-state index contributed by atoms with van der Waals surface area (Å²) in [7, 11) is 0. The molecule has 7 nitrogen and oxygen atoms in total. The maximum atomic E-state index is 13.5. The molecule has 0 bridgehead atoms. The first-order valence-electron chi connectivity index (χ1n) is 13.4. The number of carboxylic acids is 1. The number of aliphatic carboxylic acids is 1. The highest BCUT2D eigenvalue weighted by molar-refractivity contribution is 6.03. The molecule has 4 heterocycles. The summed E-state index contributed by atoms with van der Waals surface area (Å²) in [5.41, 5.74) is 6.55. The number of hydrogen-bond donors (Lipinski definition) is 1. The second kappa shape index (κ2) is 12.0. The lowest BCUT2D eigenvalue weighted by molar-refractivity contribution is -0.192. The fraction of sp³-hybridized carbons (Fsp3) is 0.290. The summed E-state index contributed by atoms with van der Waals surface area (Å²) in [6.07, 6.45) is 1.63. The molecule has 0 unspecified atom stereocenters. The molecule has 0 saturated carbocycles. The van der Waals surface area contributed by atoms with E-state index in [-0.39, 0.29) is 5.91 Å². The zero-order valence-corrected chi connectivity index (χ0v) is 22.2. The Morgan fingerprint density at radius 2 is 1.66 bits per heavy atom. The molecule has 1 fully saturated rings. The molecular formula is C31H29F3N4O3. The Bertz CT molecular complexity index is 1540. The van der Waals surface area contributed by atoms with Crippen LogP contribution in [0.1, 0.15) is 45.9 Å². The number of carbonyl (C=O) groups excluding carboxylic acids is 1. The second-order valence-electron chi connectivity index (χ2n) is 10.1. The summed E-state index contributed by atoms with van der Waals surface area (Å²) >= 11 is 0. The van der Waals surface area contributed by atoms with Gasteiger partial charge in [0.15, 0.2) is 0 Å². The van der Waals surface area contributed by atoms with Gasteiger partial charge in [-0.1, -0.05) is 36.4 Å². The zero-order chi connectivity index (χ0) is 29.0. The molecule has 41 heavy (non-hydrogen) atoms. The molecule has 4 aromatic rings. The standard InChI is InChI=1S/C29H28N4O.C2HF3O2/c34-29-28-24(20-33(29)19-14-25-9-8-23-4-1-2-6-26(23)31-25)5-3-7-27(28)32-17-12-22(13-18-32)21-10-15-30-16-11-21;3-2(4,5)1(6)7/h1-11,15-16,22H,12-14,17-20H2;(H,6,7). The number of carbonyl (C=O) groups is 2. The number of piperidine rings is 1. The van der Waals surface area contributed by atoms with Gasteiger partial charge in [-0.3, -0.25) is 14.8 Å². The van der Waals surface area contributed by atoms with Crippen LogP contribution >= 0.6 is 0 Å². The lowest BCUT2D eigenvalue weighted by Gasteiger charge is -2.34. The molecule has 2 aliphatic rings. The first-order valence-corrected chi connectivity index (χ1v) is 13.4. The Kier molecular flexibility index (Phi) is 8.19. The van der Waals surface area contributed by atoms with E-state index in [1.54, 1.807) is 0 Å². The maximum Gasteiger partial charge on any atom is 0.490 e. The van der Waals surface area contributed by atoms with Crippen molar-refractivity contribution in [3.8, 4) is 0 Å². The van der Waals surface area contributed by atoms with E-state index in [4.69, 9.17) is 14.9 Å². The van der Waals surface area contributed by atoms with E-state index in [1.165, 1.54) is 5.56 Å². The summed E-state index contributed by atoms with van der Waals surface area (Å²) in [6.45, 7) is 3.31. The van der Waals surface area contributed by atoms with Crippen molar-refractivity contribution >= 4 is 28.5 Å². The Labute approximate surface area is 235 Å². The number of amides is 1. The van der Waals surface area contributed by atoms with Crippen LogP contribution in [0.2, 0.25) is 0 Å².